The van der Waals surface area contributed by atoms with Gasteiger partial charge in [0, 0.05) is 50.8 Å². The molecule has 4 heterocycles. The van der Waals surface area contributed by atoms with Crippen molar-refractivity contribution in [3.8, 4) is 17.0 Å². The molecule has 0 radical (unpaired) electrons. The van der Waals surface area contributed by atoms with Gasteiger partial charge < -0.3 is 29.0 Å². The molecular formula is C33H41N3O6S. The first kappa shape index (κ1) is 30.0. The van der Waals surface area contributed by atoms with Crippen LogP contribution in [0.25, 0.3) is 11.3 Å². The normalized spacial score (nSPS) is 22.8. The molecule has 1 unspecified atom stereocenters. The van der Waals surface area contributed by atoms with E-state index in [-0.39, 0.29) is 12.2 Å². The quantitative estimate of drug-likeness (QED) is 0.371. The number of fused-ring (bicyclic) bond motifs is 1. The van der Waals surface area contributed by atoms with E-state index in [1.807, 2.05) is 6.07 Å². The van der Waals surface area contributed by atoms with Crippen molar-refractivity contribution in [2.24, 2.45) is 5.92 Å². The Morgan fingerprint density at radius 1 is 1.19 bits per heavy atom. The average Bonchev–Trinajstić information content (AvgIpc) is 3.51. The van der Waals surface area contributed by atoms with Gasteiger partial charge in [0.2, 0.25) is 0 Å². The number of ether oxygens (including phenoxy) is 4. The van der Waals surface area contributed by atoms with Crippen LogP contribution in [0.3, 0.4) is 0 Å². The van der Waals surface area contributed by atoms with E-state index in [1.54, 1.807) is 18.4 Å². The van der Waals surface area contributed by atoms with E-state index < -0.39 is 11.9 Å². The van der Waals surface area contributed by atoms with Crippen LogP contribution in [-0.4, -0.2) is 86.3 Å². The van der Waals surface area contributed by atoms with Crippen molar-refractivity contribution in [1.82, 2.24) is 9.88 Å². The van der Waals surface area contributed by atoms with Gasteiger partial charge in [-0.1, -0.05) is 24.3 Å². The molecular weight excluding hydrogens is 566 g/mol. The number of carbonyl (C=O) groups is 1. The van der Waals surface area contributed by atoms with E-state index in [0.717, 1.165) is 53.8 Å². The van der Waals surface area contributed by atoms with Gasteiger partial charge in [-0.25, -0.2) is 4.98 Å². The summed E-state index contributed by atoms with van der Waals surface area (Å²) in [6.07, 6.45) is 1.35. The highest BCUT2D eigenvalue weighted by molar-refractivity contribution is 7.14. The fraction of sp³-hybridized carbons (Fsp3) is 0.515. The molecule has 230 valence electrons. The zero-order valence-corrected chi connectivity index (χ0v) is 26.0. The molecule has 0 bridgehead atoms. The lowest BCUT2D eigenvalue weighted by Crippen LogP contribution is -2.47. The van der Waals surface area contributed by atoms with Crippen LogP contribution in [0.1, 0.15) is 34.2 Å². The third kappa shape index (κ3) is 6.73. The maximum atomic E-state index is 11.6. The average molecular weight is 608 g/mol. The predicted molar refractivity (Wildman–Crippen MR) is 166 cm³/mol. The number of thiazole rings is 1. The van der Waals surface area contributed by atoms with Crippen molar-refractivity contribution >= 4 is 22.4 Å². The van der Waals surface area contributed by atoms with Gasteiger partial charge in [-0.2, -0.15) is 0 Å². The van der Waals surface area contributed by atoms with Gasteiger partial charge in [0.15, 0.2) is 5.13 Å². The zero-order valence-electron chi connectivity index (χ0n) is 25.2. The number of rotatable bonds is 9. The Morgan fingerprint density at radius 2 is 2.07 bits per heavy atom. The number of carboxylic acids is 1. The lowest BCUT2D eigenvalue weighted by atomic mass is 9.93. The molecule has 0 spiro atoms. The molecule has 0 aliphatic carbocycles. The molecule has 2 aromatic carbocycles. The Bertz CT molecular complexity index is 1440. The van der Waals surface area contributed by atoms with Crippen LogP contribution in [0.15, 0.2) is 35.7 Å². The van der Waals surface area contributed by atoms with Crippen LogP contribution < -0.4 is 9.64 Å². The molecule has 3 aromatic rings. The van der Waals surface area contributed by atoms with Gasteiger partial charge in [-0.3, -0.25) is 9.69 Å². The highest BCUT2D eigenvalue weighted by Crippen LogP contribution is 2.37. The van der Waals surface area contributed by atoms with Crippen LogP contribution in [0, 0.1) is 19.8 Å². The number of para-hydroxylation sites is 1. The van der Waals surface area contributed by atoms with E-state index in [4.69, 9.17) is 23.9 Å². The monoisotopic (exact) mass is 607 g/mol. The van der Waals surface area contributed by atoms with Gasteiger partial charge in [-0.05, 0) is 60.6 Å². The van der Waals surface area contributed by atoms with E-state index in [1.165, 1.54) is 22.3 Å². The highest BCUT2D eigenvalue weighted by Gasteiger charge is 2.35. The van der Waals surface area contributed by atoms with Crippen LogP contribution in [0.5, 0.6) is 5.75 Å². The zero-order chi connectivity index (χ0) is 29.9. The first-order chi connectivity index (χ1) is 20.9. The standard InChI is InChI=1S/C33H41N3O6S/c1-21-5-4-6-26(29-20-43-33(34-29)36-10-8-27(32(37)38)30(17-36)39-3)31(21)42-18-23-13-22(2)28-16-35(9-7-24(28)14-23)15-25-19-40-11-12-41-25/h4-6,13-14,20,25,27,30H,7-12,15-19H2,1-3H3,(H,37,38)/t25?,27-,30+/m0/s1. The predicted octanol–water partition coefficient (Wildman–Crippen LogP) is 4.71. The molecule has 0 saturated carbocycles. The van der Waals surface area contributed by atoms with Gasteiger partial charge >= 0.3 is 5.97 Å². The number of nitrogens with zero attached hydrogens (tertiary/aromatic N) is 3. The molecule has 6 rings (SSSR count). The summed E-state index contributed by atoms with van der Waals surface area (Å²) < 4.78 is 23.5. The molecule has 10 heteroatoms. The molecule has 0 amide bonds. The lowest BCUT2D eigenvalue weighted by Gasteiger charge is -2.35. The number of aliphatic carboxylic acids is 1. The number of aromatic nitrogens is 1. The molecule has 43 heavy (non-hydrogen) atoms. The summed E-state index contributed by atoms with van der Waals surface area (Å²) in [5.74, 6) is -0.450. The molecule has 3 aliphatic rings. The Kier molecular flexibility index (Phi) is 9.30. The van der Waals surface area contributed by atoms with Crippen LogP contribution in [0.4, 0.5) is 5.13 Å². The number of hydrogen-bond donors (Lipinski definition) is 1. The smallest absolute Gasteiger partial charge is 0.309 e. The van der Waals surface area contributed by atoms with Gasteiger partial charge in [-0.15, -0.1) is 11.3 Å². The number of aryl methyl sites for hydroxylation is 2. The second-order valence-corrected chi connectivity index (χ2v) is 12.6. The lowest BCUT2D eigenvalue weighted by molar-refractivity contribution is -0.147. The minimum absolute atomic E-state index is 0.159. The van der Waals surface area contributed by atoms with Crippen molar-refractivity contribution in [1.29, 1.82) is 0 Å². The SMILES string of the molecule is CO[C@@H]1CN(c2nc(-c3cccc(C)c3OCc3cc(C)c4c(c3)CCN(CC3COCCO3)C4)cs2)CC[C@@H]1C(=O)O. The summed E-state index contributed by atoms with van der Waals surface area (Å²) >= 11 is 1.57. The van der Waals surface area contributed by atoms with E-state index >= 15 is 0 Å². The van der Waals surface area contributed by atoms with Crippen LogP contribution >= 0.6 is 11.3 Å². The Labute approximate surface area is 257 Å². The number of hydrogen-bond acceptors (Lipinski definition) is 9. The fourth-order valence-electron chi connectivity index (χ4n) is 6.52. The van der Waals surface area contributed by atoms with E-state index in [9.17, 15) is 9.90 Å². The summed E-state index contributed by atoms with van der Waals surface area (Å²) in [7, 11) is 1.58. The highest BCUT2D eigenvalue weighted by atomic mass is 32.1. The van der Waals surface area contributed by atoms with Gasteiger partial charge in [0.25, 0.3) is 0 Å². The first-order valence-electron chi connectivity index (χ1n) is 15.1. The Hall–Kier alpha value is -3.02. The number of anilines is 1. The van der Waals surface area contributed by atoms with E-state index in [2.05, 4.69) is 53.3 Å². The molecule has 2 fully saturated rings. The topological polar surface area (TPSA) is 93.6 Å². The van der Waals surface area contributed by atoms with Crippen LogP contribution in [-0.2, 0) is 38.6 Å². The first-order valence-corrected chi connectivity index (χ1v) is 16.0. The van der Waals surface area contributed by atoms with Crippen molar-refractivity contribution < 1.29 is 28.8 Å². The minimum atomic E-state index is -0.802. The number of benzene rings is 2. The molecule has 9 nitrogen and oxygen atoms in total. The molecule has 3 aliphatic heterocycles. The molecule has 2 saturated heterocycles. The maximum Gasteiger partial charge on any atom is 0.309 e. The second-order valence-electron chi connectivity index (χ2n) is 11.8. The number of methoxy groups -OCH3 is 1. The Balaban J connectivity index is 1.14. The van der Waals surface area contributed by atoms with Crippen molar-refractivity contribution in [2.75, 3.05) is 58.0 Å². The number of piperidine rings is 1. The molecule has 1 N–H and O–H groups in total. The summed E-state index contributed by atoms with van der Waals surface area (Å²) in [6, 6.07) is 10.7. The molecule has 1 aromatic heterocycles. The maximum absolute atomic E-state index is 11.6. The fourth-order valence-corrected chi connectivity index (χ4v) is 7.38. The van der Waals surface area contributed by atoms with Gasteiger partial charge in [0.05, 0.1) is 43.6 Å². The summed E-state index contributed by atoms with van der Waals surface area (Å²) in [4.78, 5) is 21.2. The largest absolute Gasteiger partial charge is 0.488 e. The van der Waals surface area contributed by atoms with Crippen molar-refractivity contribution in [3.05, 3.63) is 63.5 Å². The van der Waals surface area contributed by atoms with Gasteiger partial charge in [0.1, 0.15) is 12.4 Å². The third-order valence-corrected chi connectivity index (χ3v) is 9.77. The van der Waals surface area contributed by atoms with Crippen molar-refractivity contribution in [3.63, 3.8) is 0 Å². The third-order valence-electron chi connectivity index (χ3n) is 8.86. The summed E-state index contributed by atoms with van der Waals surface area (Å²) in [5, 5.41) is 12.5. The Morgan fingerprint density at radius 3 is 2.86 bits per heavy atom. The summed E-state index contributed by atoms with van der Waals surface area (Å²) in [5.41, 5.74) is 8.19. The van der Waals surface area contributed by atoms with Crippen molar-refractivity contribution in [2.45, 2.75) is 52.0 Å². The van der Waals surface area contributed by atoms with Crippen LogP contribution in [0.2, 0.25) is 0 Å². The number of carboxylic acid groups (broad SMARTS) is 1. The van der Waals surface area contributed by atoms with E-state index in [0.29, 0.717) is 45.9 Å². The minimum Gasteiger partial charge on any atom is -0.488 e. The summed E-state index contributed by atoms with van der Waals surface area (Å²) in [6.45, 7) is 10.8. The molecule has 3 atom stereocenters. The second kappa shape index (κ2) is 13.3.